The third-order valence-corrected chi connectivity index (χ3v) is 4.55. The molecular formula is C17H17F3N3O5-. The number of carboxylic acid groups (broad SMARTS) is 1. The van der Waals surface area contributed by atoms with Gasteiger partial charge in [-0.2, -0.15) is 18.3 Å². The number of ether oxygens (including phenoxy) is 3. The number of aromatic nitrogens is 2. The SMILES string of the molecule is COc1cc([C@H]2C[C@H](C(F)(F)F)n3ncc(C(=O)[O-])c3N2)cc(OC)c1OC. The summed E-state index contributed by atoms with van der Waals surface area (Å²) < 4.78 is 57.2. The van der Waals surface area contributed by atoms with E-state index in [-0.39, 0.29) is 23.1 Å². The molecule has 2 atom stereocenters. The Morgan fingerprint density at radius 3 is 2.29 bits per heavy atom. The van der Waals surface area contributed by atoms with Gasteiger partial charge in [0.05, 0.1) is 45.1 Å². The number of hydrogen-bond acceptors (Lipinski definition) is 7. The van der Waals surface area contributed by atoms with Crippen LogP contribution in [0.3, 0.4) is 0 Å². The van der Waals surface area contributed by atoms with E-state index in [2.05, 4.69) is 10.4 Å². The molecule has 1 aliphatic heterocycles. The molecule has 0 amide bonds. The van der Waals surface area contributed by atoms with E-state index in [1.54, 1.807) is 0 Å². The summed E-state index contributed by atoms with van der Waals surface area (Å²) in [5, 5.41) is 17.7. The number of nitrogens with one attached hydrogen (secondary N) is 1. The number of fused-ring (bicyclic) bond motifs is 1. The molecule has 0 bridgehead atoms. The van der Waals surface area contributed by atoms with Gasteiger partial charge in [0, 0.05) is 6.42 Å². The van der Waals surface area contributed by atoms with Crippen molar-refractivity contribution in [1.29, 1.82) is 0 Å². The number of carbonyl (C=O) groups excluding carboxylic acids is 1. The first-order valence-electron chi connectivity index (χ1n) is 8.13. The van der Waals surface area contributed by atoms with Crippen molar-refractivity contribution in [3.8, 4) is 17.2 Å². The van der Waals surface area contributed by atoms with Crippen molar-refractivity contribution in [1.82, 2.24) is 9.78 Å². The van der Waals surface area contributed by atoms with Gasteiger partial charge in [-0.3, -0.25) is 0 Å². The number of halogens is 3. The molecule has 1 aromatic heterocycles. The molecule has 28 heavy (non-hydrogen) atoms. The Balaban J connectivity index is 2.11. The molecule has 0 spiro atoms. The predicted octanol–water partition coefficient (Wildman–Crippen LogP) is 1.93. The number of carbonyl (C=O) groups is 1. The number of hydrogen-bond donors (Lipinski definition) is 1. The van der Waals surface area contributed by atoms with Crippen molar-refractivity contribution in [3.63, 3.8) is 0 Å². The summed E-state index contributed by atoms with van der Waals surface area (Å²) >= 11 is 0. The van der Waals surface area contributed by atoms with Crippen LogP contribution in [0.2, 0.25) is 0 Å². The highest BCUT2D eigenvalue weighted by Gasteiger charge is 2.47. The van der Waals surface area contributed by atoms with Gasteiger partial charge in [0.15, 0.2) is 17.5 Å². The highest BCUT2D eigenvalue weighted by atomic mass is 19.4. The third-order valence-electron chi connectivity index (χ3n) is 4.55. The van der Waals surface area contributed by atoms with E-state index in [9.17, 15) is 23.1 Å². The molecule has 1 aromatic carbocycles. The largest absolute Gasteiger partial charge is 0.545 e. The first-order valence-corrected chi connectivity index (χ1v) is 8.13. The lowest BCUT2D eigenvalue weighted by Crippen LogP contribution is -2.36. The minimum absolute atomic E-state index is 0.265. The maximum Gasteiger partial charge on any atom is 0.410 e. The van der Waals surface area contributed by atoms with Crippen molar-refractivity contribution >= 4 is 11.8 Å². The molecule has 0 saturated carbocycles. The van der Waals surface area contributed by atoms with Crippen molar-refractivity contribution in [2.45, 2.75) is 24.7 Å². The fourth-order valence-electron chi connectivity index (χ4n) is 3.23. The van der Waals surface area contributed by atoms with Gasteiger partial charge in [-0.25, -0.2) is 4.68 Å². The molecular weight excluding hydrogens is 383 g/mol. The summed E-state index contributed by atoms with van der Waals surface area (Å²) in [6, 6.07) is 0.123. The highest BCUT2D eigenvalue weighted by molar-refractivity contribution is 5.91. The zero-order chi connectivity index (χ0) is 20.6. The molecule has 152 valence electrons. The van der Waals surface area contributed by atoms with Crippen molar-refractivity contribution in [2.75, 3.05) is 26.6 Å². The van der Waals surface area contributed by atoms with Gasteiger partial charge in [0.1, 0.15) is 5.82 Å². The quantitative estimate of drug-likeness (QED) is 0.819. The Bertz CT molecular complexity index is 872. The van der Waals surface area contributed by atoms with Gasteiger partial charge < -0.3 is 29.4 Å². The average Bonchev–Trinajstić information content (AvgIpc) is 3.09. The molecule has 0 fully saturated rings. The van der Waals surface area contributed by atoms with E-state index < -0.39 is 36.2 Å². The maximum atomic E-state index is 13.6. The average molecular weight is 400 g/mol. The molecule has 2 aromatic rings. The molecule has 11 heteroatoms. The Morgan fingerprint density at radius 1 is 1.21 bits per heavy atom. The highest BCUT2D eigenvalue weighted by Crippen LogP contribution is 2.47. The van der Waals surface area contributed by atoms with E-state index in [1.165, 1.54) is 33.5 Å². The summed E-state index contributed by atoms with van der Waals surface area (Å²) in [6.07, 6.45) is -4.21. The molecule has 0 aliphatic carbocycles. The van der Waals surface area contributed by atoms with E-state index in [0.717, 1.165) is 6.20 Å². The molecule has 1 N–H and O–H groups in total. The van der Waals surface area contributed by atoms with E-state index in [4.69, 9.17) is 14.2 Å². The topological polar surface area (TPSA) is 97.7 Å². The predicted molar refractivity (Wildman–Crippen MR) is 88.7 cm³/mol. The van der Waals surface area contributed by atoms with Gasteiger partial charge in [0.25, 0.3) is 0 Å². The minimum atomic E-state index is -4.63. The summed E-state index contributed by atoms with van der Waals surface area (Å²) in [5.41, 5.74) is -0.0492. The number of anilines is 1. The molecule has 0 unspecified atom stereocenters. The van der Waals surface area contributed by atoms with E-state index in [1.807, 2.05) is 0 Å². The van der Waals surface area contributed by atoms with Crippen LogP contribution in [-0.2, 0) is 0 Å². The van der Waals surface area contributed by atoms with Crippen LogP contribution in [0.15, 0.2) is 18.3 Å². The Hall–Kier alpha value is -3.11. The lowest BCUT2D eigenvalue weighted by molar-refractivity contribution is -0.255. The van der Waals surface area contributed by atoms with Crippen LogP contribution in [0, 0.1) is 0 Å². The third kappa shape index (κ3) is 3.27. The zero-order valence-corrected chi connectivity index (χ0v) is 15.2. The Labute approximate surface area is 157 Å². The van der Waals surface area contributed by atoms with Crippen LogP contribution in [0.4, 0.5) is 19.0 Å². The van der Waals surface area contributed by atoms with Gasteiger partial charge >= 0.3 is 6.18 Å². The summed E-state index contributed by atoms with van der Waals surface area (Å²) in [4.78, 5) is 11.3. The van der Waals surface area contributed by atoms with E-state index >= 15 is 0 Å². The van der Waals surface area contributed by atoms with Crippen LogP contribution in [0.25, 0.3) is 0 Å². The molecule has 1 aliphatic rings. The minimum Gasteiger partial charge on any atom is -0.545 e. The lowest BCUT2D eigenvalue weighted by atomic mass is 9.96. The summed E-state index contributed by atoms with van der Waals surface area (Å²) in [7, 11) is 4.18. The normalized spacial score (nSPS) is 18.8. The molecule has 0 radical (unpaired) electrons. The first-order chi connectivity index (χ1) is 13.2. The number of aromatic carboxylic acids is 1. The molecule has 2 heterocycles. The van der Waals surface area contributed by atoms with Crippen LogP contribution >= 0.6 is 0 Å². The lowest BCUT2D eigenvalue weighted by Gasteiger charge is -2.34. The number of benzene rings is 1. The van der Waals surface area contributed by atoms with Gasteiger partial charge in [-0.15, -0.1) is 0 Å². The first kappa shape index (κ1) is 19.6. The molecule has 0 saturated heterocycles. The Morgan fingerprint density at radius 2 is 1.82 bits per heavy atom. The Kier molecular flexibility index (Phi) is 5.01. The number of nitrogens with zero attached hydrogens (tertiary/aromatic N) is 2. The number of alkyl halides is 3. The summed E-state index contributed by atoms with van der Waals surface area (Å²) in [5.74, 6) is -1.08. The van der Waals surface area contributed by atoms with Crippen molar-refractivity contribution in [2.24, 2.45) is 0 Å². The monoisotopic (exact) mass is 400 g/mol. The molecule has 8 nitrogen and oxygen atoms in total. The second-order valence-electron chi connectivity index (χ2n) is 6.09. The second-order valence-corrected chi connectivity index (χ2v) is 6.09. The van der Waals surface area contributed by atoms with Crippen LogP contribution in [0.1, 0.15) is 34.4 Å². The van der Waals surface area contributed by atoms with Crippen LogP contribution in [-0.4, -0.2) is 43.3 Å². The van der Waals surface area contributed by atoms with Crippen molar-refractivity contribution < 1.29 is 37.3 Å². The van der Waals surface area contributed by atoms with Gasteiger partial charge in [-0.05, 0) is 17.7 Å². The second kappa shape index (κ2) is 7.13. The number of methoxy groups -OCH3 is 3. The number of rotatable bonds is 5. The molecule has 3 rings (SSSR count). The van der Waals surface area contributed by atoms with Gasteiger partial charge in [0.2, 0.25) is 5.75 Å². The zero-order valence-electron chi connectivity index (χ0n) is 15.2. The van der Waals surface area contributed by atoms with Crippen LogP contribution < -0.4 is 24.6 Å². The smallest absolute Gasteiger partial charge is 0.410 e. The summed E-state index contributed by atoms with van der Waals surface area (Å²) in [6.45, 7) is 0. The standard InChI is InChI=1S/C17H18F3N3O5/c1-26-11-4-8(5-12(27-2)14(11)28-3)10-6-13(17(18,19)20)23-15(22-10)9(7-21-23)16(24)25/h4-5,7,10,13,22H,6H2,1-3H3,(H,24,25)/p-1/t10-,13-/m1/s1. The fraction of sp³-hybridized carbons (Fsp3) is 0.412. The van der Waals surface area contributed by atoms with Crippen LogP contribution in [0.5, 0.6) is 17.2 Å². The number of carboxylic acids is 1. The fourth-order valence-corrected chi connectivity index (χ4v) is 3.23. The van der Waals surface area contributed by atoms with E-state index in [0.29, 0.717) is 10.2 Å². The van der Waals surface area contributed by atoms with Gasteiger partial charge in [-0.1, -0.05) is 0 Å². The van der Waals surface area contributed by atoms with Crippen molar-refractivity contribution in [3.05, 3.63) is 29.5 Å². The maximum absolute atomic E-state index is 13.6.